The number of carbonyl (C=O) groups excluding carboxylic acids is 3. The Balaban J connectivity index is 2.19. The summed E-state index contributed by atoms with van der Waals surface area (Å²) in [4.78, 5) is 35.9. The molecule has 2 aromatic carbocycles. The number of thioether (sulfide) groups is 1. The number of rotatable bonds is 5. The van der Waals surface area contributed by atoms with Gasteiger partial charge in [-0.25, -0.2) is 4.79 Å². The van der Waals surface area contributed by atoms with E-state index in [1.807, 2.05) is 42.5 Å². The Morgan fingerprint density at radius 3 is 2.16 bits per heavy atom. The molecule has 0 aromatic heterocycles. The molecule has 0 heterocycles. The first-order valence-corrected chi connectivity index (χ1v) is 8.49. The number of urea groups is 1. The fourth-order valence-corrected chi connectivity index (χ4v) is 3.12. The molecule has 0 spiro atoms. The summed E-state index contributed by atoms with van der Waals surface area (Å²) < 4.78 is 0. The standard InChI is InChI=1S/C18H19N3O3S/c1-12(22)20-14-8-10-15(11-9-14)25-16(13-6-4-3-5-7-13)17(23)21-18(24)19-2/h3-11,16H,1-2H3,(H,20,22)(H2,19,21,23,24). The molecule has 0 aliphatic rings. The summed E-state index contributed by atoms with van der Waals surface area (Å²) in [6.07, 6.45) is 0. The highest BCUT2D eigenvalue weighted by molar-refractivity contribution is 8.00. The van der Waals surface area contributed by atoms with Crippen LogP contribution in [0.25, 0.3) is 0 Å². The Bertz CT molecular complexity index is 748. The van der Waals surface area contributed by atoms with Crippen molar-refractivity contribution < 1.29 is 14.4 Å². The molecule has 130 valence electrons. The van der Waals surface area contributed by atoms with Gasteiger partial charge in [0.1, 0.15) is 5.25 Å². The van der Waals surface area contributed by atoms with Crippen LogP contribution >= 0.6 is 11.8 Å². The van der Waals surface area contributed by atoms with Crippen molar-refractivity contribution >= 4 is 35.3 Å². The van der Waals surface area contributed by atoms with E-state index >= 15 is 0 Å². The van der Waals surface area contributed by atoms with Crippen molar-refractivity contribution in [3.63, 3.8) is 0 Å². The first kappa shape index (κ1) is 18.5. The lowest BCUT2D eigenvalue weighted by atomic mass is 10.1. The first-order valence-electron chi connectivity index (χ1n) is 7.61. The first-order chi connectivity index (χ1) is 12.0. The third-order valence-electron chi connectivity index (χ3n) is 3.23. The van der Waals surface area contributed by atoms with Crippen molar-refractivity contribution in [2.24, 2.45) is 0 Å². The zero-order valence-corrected chi connectivity index (χ0v) is 14.7. The number of benzene rings is 2. The molecular weight excluding hydrogens is 338 g/mol. The van der Waals surface area contributed by atoms with Crippen LogP contribution in [0.1, 0.15) is 17.7 Å². The predicted octanol–water partition coefficient (Wildman–Crippen LogP) is 2.93. The van der Waals surface area contributed by atoms with E-state index in [9.17, 15) is 14.4 Å². The van der Waals surface area contributed by atoms with Gasteiger partial charge in [0.15, 0.2) is 0 Å². The summed E-state index contributed by atoms with van der Waals surface area (Å²) >= 11 is 1.33. The minimum absolute atomic E-state index is 0.146. The van der Waals surface area contributed by atoms with Crippen LogP contribution in [-0.4, -0.2) is 24.9 Å². The SMILES string of the molecule is CNC(=O)NC(=O)C(Sc1ccc(NC(C)=O)cc1)c1ccccc1. The smallest absolute Gasteiger partial charge is 0.321 e. The number of hydrogen-bond acceptors (Lipinski definition) is 4. The van der Waals surface area contributed by atoms with Gasteiger partial charge in [0.05, 0.1) is 0 Å². The maximum atomic E-state index is 12.5. The molecule has 1 atom stereocenters. The van der Waals surface area contributed by atoms with Crippen molar-refractivity contribution in [2.75, 3.05) is 12.4 Å². The molecule has 4 amide bonds. The van der Waals surface area contributed by atoms with Gasteiger partial charge in [-0.2, -0.15) is 0 Å². The normalized spacial score (nSPS) is 11.3. The molecule has 25 heavy (non-hydrogen) atoms. The van der Waals surface area contributed by atoms with Crippen LogP contribution in [-0.2, 0) is 9.59 Å². The van der Waals surface area contributed by atoms with Crippen molar-refractivity contribution in [1.29, 1.82) is 0 Å². The van der Waals surface area contributed by atoms with E-state index in [2.05, 4.69) is 16.0 Å². The molecule has 2 rings (SSSR count). The highest BCUT2D eigenvalue weighted by atomic mass is 32.2. The third-order valence-corrected chi connectivity index (χ3v) is 4.50. The molecule has 0 saturated carbocycles. The minimum Gasteiger partial charge on any atom is -0.341 e. The topological polar surface area (TPSA) is 87.3 Å². The van der Waals surface area contributed by atoms with E-state index in [1.54, 1.807) is 12.1 Å². The maximum Gasteiger partial charge on any atom is 0.321 e. The third kappa shape index (κ3) is 5.65. The quantitative estimate of drug-likeness (QED) is 0.718. The molecule has 6 nitrogen and oxygen atoms in total. The molecule has 0 fully saturated rings. The van der Waals surface area contributed by atoms with Gasteiger partial charge in [-0.05, 0) is 29.8 Å². The van der Waals surface area contributed by atoms with Crippen molar-refractivity contribution in [3.05, 3.63) is 60.2 Å². The molecule has 0 aliphatic heterocycles. The largest absolute Gasteiger partial charge is 0.341 e. The van der Waals surface area contributed by atoms with Crippen LogP contribution in [0, 0.1) is 0 Å². The van der Waals surface area contributed by atoms with Gasteiger partial charge in [0, 0.05) is 24.6 Å². The fraction of sp³-hybridized carbons (Fsp3) is 0.167. The second-order valence-corrected chi connectivity index (χ2v) is 6.36. The van der Waals surface area contributed by atoms with Crippen LogP contribution in [0.2, 0.25) is 0 Å². The van der Waals surface area contributed by atoms with Gasteiger partial charge in [-0.3, -0.25) is 14.9 Å². The summed E-state index contributed by atoms with van der Waals surface area (Å²) in [6, 6.07) is 15.9. The van der Waals surface area contributed by atoms with Crippen LogP contribution in [0.5, 0.6) is 0 Å². The summed E-state index contributed by atoms with van der Waals surface area (Å²) in [7, 11) is 1.45. The number of carbonyl (C=O) groups is 3. The van der Waals surface area contributed by atoms with Crippen LogP contribution in [0.15, 0.2) is 59.5 Å². The lowest BCUT2D eigenvalue weighted by Crippen LogP contribution is -2.39. The highest BCUT2D eigenvalue weighted by Crippen LogP contribution is 2.35. The molecule has 1 unspecified atom stereocenters. The lowest BCUT2D eigenvalue weighted by molar-refractivity contribution is -0.119. The van der Waals surface area contributed by atoms with Crippen LogP contribution in [0.4, 0.5) is 10.5 Å². The lowest BCUT2D eigenvalue weighted by Gasteiger charge is -2.16. The molecule has 0 bridgehead atoms. The Morgan fingerprint density at radius 2 is 1.60 bits per heavy atom. The number of nitrogens with one attached hydrogen (secondary N) is 3. The molecule has 3 N–H and O–H groups in total. The van der Waals surface area contributed by atoms with Crippen molar-refractivity contribution in [1.82, 2.24) is 10.6 Å². The average Bonchev–Trinajstić information content (AvgIpc) is 2.61. The number of anilines is 1. The van der Waals surface area contributed by atoms with Gasteiger partial charge in [0.25, 0.3) is 0 Å². The number of amides is 4. The van der Waals surface area contributed by atoms with Gasteiger partial charge in [0.2, 0.25) is 11.8 Å². The minimum atomic E-state index is -0.579. The van der Waals surface area contributed by atoms with E-state index in [1.165, 1.54) is 25.7 Å². The summed E-state index contributed by atoms with van der Waals surface area (Å²) in [5, 5.41) is 6.80. The Hall–Kier alpha value is -2.80. The van der Waals surface area contributed by atoms with E-state index in [0.29, 0.717) is 5.69 Å². The number of hydrogen-bond donors (Lipinski definition) is 3. The van der Waals surface area contributed by atoms with Gasteiger partial charge < -0.3 is 10.6 Å². The summed E-state index contributed by atoms with van der Waals surface area (Å²) in [5.74, 6) is -0.547. The molecule has 7 heteroatoms. The van der Waals surface area contributed by atoms with Gasteiger partial charge in [-0.15, -0.1) is 11.8 Å². The van der Waals surface area contributed by atoms with E-state index < -0.39 is 17.2 Å². The highest BCUT2D eigenvalue weighted by Gasteiger charge is 2.23. The molecule has 0 aliphatic carbocycles. The van der Waals surface area contributed by atoms with Crippen molar-refractivity contribution in [3.8, 4) is 0 Å². The van der Waals surface area contributed by atoms with Gasteiger partial charge in [-0.1, -0.05) is 30.3 Å². The Kier molecular flexibility index (Phi) is 6.59. The summed E-state index contributed by atoms with van der Waals surface area (Å²) in [5.41, 5.74) is 1.47. The zero-order chi connectivity index (χ0) is 18.2. The molecule has 2 aromatic rings. The number of imide groups is 1. The Morgan fingerprint density at radius 1 is 0.960 bits per heavy atom. The second-order valence-electron chi connectivity index (χ2n) is 5.18. The Labute approximate surface area is 150 Å². The van der Waals surface area contributed by atoms with E-state index in [4.69, 9.17) is 0 Å². The van der Waals surface area contributed by atoms with Crippen LogP contribution < -0.4 is 16.0 Å². The molecular formula is C18H19N3O3S. The second kappa shape index (κ2) is 8.89. The fourth-order valence-electron chi connectivity index (χ4n) is 2.10. The van der Waals surface area contributed by atoms with E-state index in [0.717, 1.165) is 10.5 Å². The van der Waals surface area contributed by atoms with Gasteiger partial charge >= 0.3 is 6.03 Å². The maximum absolute atomic E-state index is 12.5. The monoisotopic (exact) mass is 357 g/mol. The van der Waals surface area contributed by atoms with Crippen LogP contribution in [0.3, 0.4) is 0 Å². The average molecular weight is 357 g/mol. The molecule has 0 saturated heterocycles. The van der Waals surface area contributed by atoms with Crippen molar-refractivity contribution in [2.45, 2.75) is 17.1 Å². The van der Waals surface area contributed by atoms with E-state index in [-0.39, 0.29) is 5.91 Å². The zero-order valence-electron chi connectivity index (χ0n) is 13.9. The summed E-state index contributed by atoms with van der Waals surface area (Å²) in [6.45, 7) is 1.44. The molecule has 0 radical (unpaired) electrons. The predicted molar refractivity (Wildman–Crippen MR) is 98.4 cm³/mol.